The molecule has 1 nitrogen and oxygen atoms in total. The number of hydrogen-bond donors (Lipinski definition) is 0. The lowest BCUT2D eigenvalue weighted by molar-refractivity contribution is -0.117. The summed E-state index contributed by atoms with van der Waals surface area (Å²) in [5.74, 6) is 0.852. The van der Waals surface area contributed by atoms with Crippen molar-refractivity contribution in [3.05, 3.63) is 39.5 Å². The number of hydrogen-bond acceptors (Lipinski definition) is 1. The predicted octanol–water partition coefficient (Wildman–Crippen LogP) is 5.86. The zero-order valence-corrected chi connectivity index (χ0v) is 14.9. The number of aryl methyl sites for hydroxylation is 1. The molecule has 0 saturated heterocycles. The van der Waals surface area contributed by atoms with E-state index in [0.717, 1.165) is 24.8 Å². The Kier molecular flexibility index (Phi) is 5.61. The van der Waals surface area contributed by atoms with Gasteiger partial charge in [0.2, 0.25) is 0 Å². The highest BCUT2D eigenvalue weighted by Gasteiger charge is 2.25. The van der Waals surface area contributed by atoms with Gasteiger partial charge in [-0.15, -0.1) is 0 Å². The van der Waals surface area contributed by atoms with E-state index in [2.05, 4.69) is 46.8 Å². The van der Waals surface area contributed by atoms with E-state index in [1.807, 2.05) is 0 Å². The summed E-state index contributed by atoms with van der Waals surface area (Å²) < 4.78 is 0. The van der Waals surface area contributed by atoms with Crippen LogP contribution in [0.4, 0.5) is 0 Å². The van der Waals surface area contributed by atoms with Crippen molar-refractivity contribution in [1.29, 1.82) is 0 Å². The largest absolute Gasteiger partial charge is 0.295 e. The molecule has 1 fully saturated rings. The molecule has 0 bridgehead atoms. The minimum atomic E-state index is 0.377. The van der Waals surface area contributed by atoms with Gasteiger partial charge in [-0.2, -0.15) is 0 Å². The smallest absolute Gasteiger partial charge is 0.159 e. The van der Waals surface area contributed by atoms with E-state index in [1.165, 1.54) is 47.1 Å². The highest BCUT2D eigenvalue weighted by atomic mass is 16.1. The summed E-state index contributed by atoms with van der Waals surface area (Å²) in [4.78, 5) is 12.5. The number of unbranched alkanes of at least 4 members (excludes halogenated alkanes) is 1. The second-order valence-corrected chi connectivity index (χ2v) is 6.91. The molecule has 22 heavy (non-hydrogen) atoms. The molecule has 1 aromatic rings. The van der Waals surface area contributed by atoms with Gasteiger partial charge in [0.25, 0.3) is 0 Å². The van der Waals surface area contributed by atoms with Gasteiger partial charge in [-0.25, -0.2) is 0 Å². The van der Waals surface area contributed by atoms with Crippen LogP contribution in [-0.2, 0) is 4.79 Å². The Bertz CT molecular complexity index is 592. The average Bonchev–Trinajstić information content (AvgIpc) is 2.50. The molecule has 0 aromatic heterocycles. The lowest BCUT2D eigenvalue weighted by atomic mass is 9.79. The molecule has 1 aliphatic carbocycles. The molecular weight excluding hydrogens is 268 g/mol. The Morgan fingerprint density at radius 1 is 1.14 bits per heavy atom. The third kappa shape index (κ3) is 3.51. The number of benzene rings is 1. The van der Waals surface area contributed by atoms with Gasteiger partial charge in [0, 0.05) is 6.42 Å². The lowest BCUT2D eigenvalue weighted by Gasteiger charge is -2.25. The minimum Gasteiger partial charge on any atom is -0.295 e. The Morgan fingerprint density at radius 2 is 1.86 bits per heavy atom. The van der Waals surface area contributed by atoms with E-state index < -0.39 is 0 Å². The molecule has 0 radical (unpaired) electrons. The molecule has 0 N–H and O–H groups in total. The van der Waals surface area contributed by atoms with E-state index in [9.17, 15) is 4.79 Å². The molecule has 1 atom stereocenters. The fourth-order valence-corrected chi connectivity index (χ4v) is 3.55. The summed E-state index contributed by atoms with van der Waals surface area (Å²) in [6.07, 6.45) is 8.78. The molecule has 0 aliphatic heterocycles. The second-order valence-electron chi connectivity index (χ2n) is 6.91. The summed E-state index contributed by atoms with van der Waals surface area (Å²) in [6, 6.07) is 2.25. The van der Waals surface area contributed by atoms with E-state index >= 15 is 0 Å². The zero-order valence-electron chi connectivity index (χ0n) is 14.9. The van der Waals surface area contributed by atoms with Gasteiger partial charge >= 0.3 is 0 Å². The van der Waals surface area contributed by atoms with Crippen molar-refractivity contribution in [2.75, 3.05) is 0 Å². The van der Waals surface area contributed by atoms with Crippen LogP contribution in [-0.4, -0.2) is 5.78 Å². The highest BCUT2D eigenvalue weighted by Crippen LogP contribution is 2.33. The van der Waals surface area contributed by atoms with Crippen LogP contribution in [0.25, 0.3) is 6.08 Å². The summed E-state index contributed by atoms with van der Waals surface area (Å²) in [7, 11) is 0. The van der Waals surface area contributed by atoms with E-state index in [0.29, 0.717) is 11.7 Å². The van der Waals surface area contributed by atoms with Crippen LogP contribution in [0.1, 0.15) is 73.3 Å². The number of ketones is 1. The Morgan fingerprint density at radius 3 is 2.55 bits per heavy atom. The maximum atomic E-state index is 12.5. The van der Waals surface area contributed by atoms with Gasteiger partial charge in [-0.1, -0.05) is 25.8 Å². The molecule has 1 aliphatic rings. The van der Waals surface area contributed by atoms with Gasteiger partial charge < -0.3 is 0 Å². The molecule has 1 saturated carbocycles. The van der Waals surface area contributed by atoms with Crippen LogP contribution in [0.3, 0.4) is 0 Å². The third-order valence-corrected chi connectivity index (χ3v) is 5.46. The van der Waals surface area contributed by atoms with Crippen LogP contribution in [0.15, 0.2) is 11.6 Å². The Balaban J connectivity index is 2.42. The topological polar surface area (TPSA) is 17.1 Å². The van der Waals surface area contributed by atoms with Crippen molar-refractivity contribution in [3.8, 4) is 0 Å². The maximum Gasteiger partial charge on any atom is 0.159 e. The van der Waals surface area contributed by atoms with Gasteiger partial charge in [-0.3, -0.25) is 4.79 Å². The van der Waals surface area contributed by atoms with Crippen molar-refractivity contribution in [1.82, 2.24) is 0 Å². The van der Waals surface area contributed by atoms with E-state index in [-0.39, 0.29) is 0 Å². The van der Waals surface area contributed by atoms with Crippen LogP contribution >= 0.6 is 0 Å². The molecule has 0 heterocycles. The lowest BCUT2D eigenvalue weighted by Crippen LogP contribution is -2.19. The molecule has 1 aromatic carbocycles. The van der Waals surface area contributed by atoms with Gasteiger partial charge in [0.1, 0.15) is 0 Å². The Labute approximate surface area is 135 Å². The van der Waals surface area contributed by atoms with Crippen molar-refractivity contribution < 1.29 is 4.79 Å². The molecular formula is C21H30O. The number of allylic oxidation sites excluding steroid dienone is 1. The fourth-order valence-electron chi connectivity index (χ4n) is 3.55. The average molecular weight is 298 g/mol. The van der Waals surface area contributed by atoms with Crippen LogP contribution in [0.2, 0.25) is 0 Å². The van der Waals surface area contributed by atoms with Gasteiger partial charge in [0.15, 0.2) is 5.78 Å². The normalized spacial score (nSPS) is 20.7. The first-order valence-corrected chi connectivity index (χ1v) is 8.77. The first-order chi connectivity index (χ1) is 10.5. The van der Waals surface area contributed by atoms with Gasteiger partial charge in [0.05, 0.1) is 0 Å². The maximum absolute atomic E-state index is 12.5. The fraction of sp³-hybridized carbons (Fsp3) is 0.571. The number of rotatable bonds is 4. The van der Waals surface area contributed by atoms with Crippen LogP contribution in [0.5, 0.6) is 0 Å². The van der Waals surface area contributed by atoms with Crippen molar-refractivity contribution >= 4 is 11.9 Å². The summed E-state index contributed by atoms with van der Waals surface area (Å²) >= 11 is 0. The molecule has 0 amide bonds. The molecule has 2 rings (SSSR count). The highest BCUT2D eigenvalue weighted by molar-refractivity contribution is 6.00. The first kappa shape index (κ1) is 17.0. The van der Waals surface area contributed by atoms with E-state index in [1.54, 1.807) is 0 Å². The molecule has 1 unspecified atom stereocenters. The van der Waals surface area contributed by atoms with Crippen molar-refractivity contribution in [2.45, 2.75) is 73.1 Å². The number of carbonyl (C=O) groups is 1. The van der Waals surface area contributed by atoms with Crippen LogP contribution in [0, 0.1) is 33.6 Å². The Hall–Kier alpha value is -1.37. The third-order valence-electron chi connectivity index (χ3n) is 5.46. The van der Waals surface area contributed by atoms with Crippen LogP contribution < -0.4 is 0 Å². The molecule has 1 heteroatoms. The minimum absolute atomic E-state index is 0.377. The van der Waals surface area contributed by atoms with E-state index in [4.69, 9.17) is 0 Å². The van der Waals surface area contributed by atoms with Gasteiger partial charge in [-0.05, 0) is 92.3 Å². The number of carbonyl (C=O) groups excluding carboxylic acids is 1. The summed E-state index contributed by atoms with van der Waals surface area (Å²) in [5, 5.41) is 0. The monoisotopic (exact) mass is 298 g/mol. The molecule has 0 spiro atoms. The van der Waals surface area contributed by atoms with Crippen molar-refractivity contribution in [2.24, 2.45) is 5.92 Å². The summed E-state index contributed by atoms with van der Waals surface area (Å²) in [5.41, 5.74) is 7.71. The van der Waals surface area contributed by atoms with Crippen molar-refractivity contribution in [3.63, 3.8) is 0 Å². The molecule has 120 valence electrons. The summed E-state index contributed by atoms with van der Waals surface area (Å²) in [6.45, 7) is 11.0. The first-order valence-electron chi connectivity index (χ1n) is 8.77. The number of Topliss-reactive ketones (excluding diaryl/α,β-unsaturated/α-hetero) is 1. The predicted molar refractivity (Wildman–Crippen MR) is 95.2 cm³/mol. The second kappa shape index (κ2) is 7.26. The standard InChI is InChI=1S/C21H30O/c1-6-7-9-18-10-8-11-21(22)20(18)13-19-12-14(2)15(3)16(4)17(19)5/h12-13,18H,6-11H2,1-5H3/b20-13+. The zero-order chi connectivity index (χ0) is 16.3. The quantitative estimate of drug-likeness (QED) is 0.636. The SMILES string of the molecule is CCCCC1CCCC(=O)/C1=C/c1cc(C)c(C)c(C)c1C.